The van der Waals surface area contributed by atoms with Crippen molar-refractivity contribution in [3.05, 3.63) is 357 Å². The summed E-state index contributed by atoms with van der Waals surface area (Å²) in [4.78, 5) is 105. The van der Waals surface area contributed by atoms with Gasteiger partial charge in [-0.25, -0.2) is 13.8 Å². The number of anilines is 3. The lowest BCUT2D eigenvalue weighted by Gasteiger charge is -2.32. The maximum atomic E-state index is 13.7. The van der Waals surface area contributed by atoms with E-state index in [1.165, 1.54) is 57.9 Å². The fraction of sp³-hybridized carbons (Fsp3) is 0.294. The van der Waals surface area contributed by atoms with Crippen molar-refractivity contribution in [2.75, 3.05) is 41.7 Å². The third-order valence-corrected chi connectivity index (χ3v) is 25.3. The van der Waals surface area contributed by atoms with Gasteiger partial charge < -0.3 is 46.1 Å². The smallest absolute Gasteiger partial charge is 0.399 e. The molecule has 26 nitrogen and oxygen atoms in total. The Morgan fingerprint density at radius 2 is 0.727 bits per heavy atom. The fourth-order valence-corrected chi connectivity index (χ4v) is 17.6. The molecule has 5 heterocycles. The number of nitro benzene ring substituents is 3. The minimum absolute atomic E-state index is 0.0304. The number of nitrogens with one attached hydrogen (secondary N) is 4. The number of benzene rings is 8. The van der Waals surface area contributed by atoms with Gasteiger partial charge in [-0.05, 0) is 296 Å². The second-order valence-electron chi connectivity index (χ2n) is 33.7. The van der Waals surface area contributed by atoms with Crippen molar-refractivity contribution >= 4 is 86.3 Å². The van der Waals surface area contributed by atoms with Gasteiger partial charge >= 0.3 is 7.12 Å². The van der Waals surface area contributed by atoms with E-state index in [0.717, 1.165) is 168 Å². The Balaban J connectivity index is 0.000000142. The topological polar surface area (TPSA) is 348 Å². The van der Waals surface area contributed by atoms with E-state index in [1.54, 1.807) is 60.9 Å². The number of halogens is 3. The molecule has 4 aliphatic carbocycles. The number of aromatic nitrogens is 4. The molecule has 0 radical (unpaired) electrons. The number of nitro groups is 3. The Morgan fingerprint density at radius 3 is 1.09 bits per heavy atom. The van der Waals surface area contributed by atoms with Crippen LogP contribution >= 0.6 is 15.9 Å². The van der Waals surface area contributed by atoms with Crippen LogP contribution in [0.3, 0.4) is 0 Å². The number of hydrogen-bond donors (Lipinski definition) is 5. The molecule has 680 valence electrons. The highest BCUT2D eigenvalue weighted by Gasteiger charge is 2.53. The van der Waals surface area contributed by atoms with Crippen molar-refractivity contribution < 1.29 is 52.0 Å². The number of carbonyl (C=O) groups is 4. The van der Waals surface area contributed by atoms with Crippen LogP contribution in [0.1, 0.15) is 217 Å². The van der Waals surface area contributed by atoms with Crippen LogP contribution in [0.5, 0.6) is 0 Å². The van der Waals surface area contributed by atoms with Crippen LogP contribution in [-0.4, -0.2) is 103 Å². The standard InChI is InChI=1S/C26H28N4O3.C26H30N4O.C22H18FN3O3.C16H15BrN2O.C12H15BFNO4/c1-3-29(4-2)20-12-13-25(30(32)33)22(17-20)24-16-19(14-15-27-24)26(31)28-23-11-7-9-18-8-5-6-10-21(18)23;1-3-30(4-2)20-12-13-23(27)22(17-20)25-16-19(14-15-28-25)26(31)29-24-11-7-9-18-8-5-6-10-21(18)24;23-16-8-9-21(26(28)29)18(13-16)20-12-15(10-11-24-20)22(27)25-19-7-3-5-14-4-1-2-6-17(14)19;17-15-10-12(8-9-18-15)16(20)19-14-7-3-5-11-4-1-2-6-13(11)14;1-11(2)12(3,4)19-13(18-11)9-7-8(14)5-6-10(9)15(16)17/h5-6,8,10,12-17,23H,3-4,7,9,11H2,1-2H3,(H,28,31);5-6,8,10,12-17,24H,3-4,7,9,11,27H2,1-2H3,(H,29,31);1-2,4,6,8-13,19H,3,5,7H2,(H,25,27);1-2,4,6,8-10,14H,3,5,7H2,(H,19,20);5-7H,1-4H3/t;;19-;14-;/m..00./s1. The van der Waals surface area contributed by atoms with Crippen LogP contribution in [0.4, 0.5) is 42.9 Å². The van der Waals surface area contributed by atoms with Gasteiger partial charge in [-0.2, -0.15) is 0 Å². The summed E-state index contributed by atoms with van der Waals surface area (Å²) in [5.74, 6) is -1.80. The highest BCUT2D eigenvalue weighted by atomic mass is 79.9. The van der Waals surface area contributed by atoms with Crippen molar-refractivity contribution in [1.82, 2.24) is 41.2 Å². The lowest BCUT2D eigenvalue weighted by molar-refractivity contribution is -0.384. The molecular formula is C102H106BBrF2N14O12. The summed E-state index contributed by atoms with van der Waals surface area (Å²) in [6.07, 6.45) is 18.3. The first kappa shape index (κ1) is 95.7. The van der Waals surface area contributed by atoms with E-state index in [0.29, 0.717) is 49.5 Å². The highest BCUT2D eigenvalue weighted by molar-refractivity contribution is 9.10. The summed E-state index contributed by atoms with van der Waals surface area (Å²) in [5, 5.41) is 46.5. The summed E-state index contributed by atoms with van der Waals surface area (Å²) in [6, 6.07) is 63.8. The first-order chi connectivity index (χ1) is 63.5. The fourth-order valence-electron chi connectivity index (χ4n) is 17.2. The van der Waals surface area contributed by atoms with E-state index in [-0.39, 0.29) is 81.6 Å². The number of hydrogen-bond acceptors (Lipinski definition) is 19. The number of pyridine rings is 4. The molecule has 0 saturated carbocycles. The molecule has 0 bridgehead atoms. The molecule has 6 N–H and O–H groups in total. The van der Waals surface area contributed by atoms with Crippen molar-refractivity contribution in [3.8, 4) is 33.8 Å². The quantitative estimate of drug-likeness (QED) is 0.0147. The molecule has 17 rings (SSSR count). The van der Waals surface area contributed by atoms with Crippen molar-refractivity contribution in [2.45, 2.75) is 168 Å². The molecule has 1 aliphatic heterocycles. The molecule has 4 atom stereocenters. The maximum Gasteiger partial charge on any atom is 0.502 e. The molecule has 1 fully saturated rings. The molecule has 4 amide bonds. The SMILES string of the molecule is CC1(C)OB(c2cc(F)ccc2[N+](=O)[O-])OC1(C)C.CCN(CC)c1ccc(N)c(-c2cc(C(=O)NC3CCCc4ccccc43)ccn2)c1.CCN(CC)c1ccc([N+](=O)[O-])c(-c2cc(C(=O)NC3CCCc4ccccc43)ccn2)c1.O=C(N[C@H]1CCCc2ccccc21)c1ccnc(-c2cc(F)ccc2[N+](=O)[O-])c1.O=C(N[C@H]1CCCc2ccccc21)c1ccnc(Br)c1. The van der Waals surface area contributed by atoms with Crippen molar-refractivity contribution in [1.29, 1.82) is 0 Å². The maximum absolute atomic E-state index is 13.7. The van der Waals surface area contributed by atoms with Crippen molar-refractivity contribution in [2.24, 2.45) is 0 Å². The van der Waals surface area contributed by atoms with Gasteiger partial charge in [-0.3, -0.25) is 64.5 Å². The van der Waals surface area contributed by atoms with Crippen LogP contribution < -0.4 is 42.3 Å². The number of nitrogens with zero attached hydrogens (tertiary/aromatic N) is 9. The minimum atomic E-state index is -0.943. The molecule has 4 aromatic heterocycles. The van der Waals surface area contributed by atoms with Crippen LogP contribution in [0.15, 0.2) is 248 Å². The number of nitrogen functional groups attached to an aromatic ring is 1. The molecule has 2 unspecified atom stereocenters. The van der Waals surface area contributed by atoms with Gasteiger partial charge in [0.25, 0.3) is 40.7 Å². The summed E-state index contributed by atoms with van der Waals surface area (Å²) in [7, 11) is -0.943. The average molecular weight is 1850 g/mol. The van der Waals surface area contributed by atoms with E-state index in [4.69, 9.17) is 15.0 Å². The predicted molar refractivity (Wildman–Crippen MR) is 513 cm³/mol. The second-order valence-corrected chi connectivity index (χ2v) is 34.5. The zero-order chi connectivity index (χ0) is 93.9. The lowest BCUT2D eigenvalue weighted by atomic mass is 9.78. The molecular weight excluding hydrogens is 1740 g/mol. The lowest BCUT2D eigenvalue weighted by Crippen LogP contribution is -2.41. The Kier molecular flexibility index (Phi) is 31.7. The summed E-state index contributed by atoms with van der Waals surface area (Å²) >= 11 is 3.29. The Hall–Kier alpha value is -13.8. The summed E-state index contributed by atoms with van der Waals surface area (Å²) in [6.45, 7) is 19.1. The Bertz CT molecular complexity index is 6200. The number of amides is 4. The van der Waals surface area contributed by atoms with Gasteiger partial charge in [0.05, 0.1) is 83.8 Å². The average Bonchev–Trinajstić information content (AvgIpc) is 1.61. The van der Waals surface area contributed by atoms with E-state index < -0.39 is 44.7 Å². The van der Waals surface area contributed by atoms with E-state index >= 15 is 0 Å². The molecule has 0 spiro atoms. The van der Waals surface area contributed by atoms with Gasteiger partial charge in [-0.1, -0.05) is 97.1 Å². The molecule has 5 aliphatic rings. The first-order valence-electron chi connectivity index (χ1n) is 44.5. The molecule has 8 aromatic carbocycles. The minimum Gasteiger partial charge on any atom is -0.399 e. The highest BCUT2D eigenvalue weighted by Crippen LogP contribution is 2.41. The number of carbonyl (C=O) groups excluding carboxylic acids is 4. The number of nitrogens with two attached hydrogens (primary N) is 1. The molecule has 30 heteroatoms. The zero-order valence-electron chi connectivity index (χ0n) is 74.9. The summed E-state index contributed by atoms with van der Waals surface area (Å²) < 4.78 is 39.1. The Morgan fingerprint density at radius 1 is 0.417 bits per heavy atom. The van der Waals surface area contributed by atoms with E-state index in [9.17, 15) is 58.3 Å². The van der Waals surface area contributed by atoms with Gasteiger partial charge in [0.15, 0.2) is 0 Å². The van der Waals surface area contributed by atoms with Gasteiger partial charge in [0, 0.05) is 114 Å². The number of rotatable bonds is 21. The van der Waals surface area contributed by atoms with E-state index in [2.05, 4.69) is 141 Å². The van der Waals surface area contributed by atoms with Crippen molar-refractivity contribution in [3.63, 3.8) is 0 Å². The third kappa shape index (κ3) is 23.3. The van der Waals surface area contributed by atoms with Crippen LogP contribution in [-0.2, 0) is 35.0 Å². The number of fused-ring (bicyclic) bond motifs is 4. The third-order valence-electron chi connectivity index (χ3n) is 24.9. The van der Waals surface area contributed by atoms with Crippen LogP contribution in [0.25, 0.3) is 33.8 Å². The molecule has 12 aromatic rings. The van der Waals surface area contributed by atoms with Gasteiger partial charge in [-0.15, -0.1) is 0 Å². The monoisotopic (exact) mass is 1850 g/mol. The van der Waals surface area contributed by atoms with Gasteiger partial charge in [0.1, 0.15) is 16.2 Å². The van der Waals surface area contributed by atoms with Crippen LogP contribution in [0, 0.1) is 42.0 Å². The normalized spacial score (nSPS) is 16.3. The predicted octanol–water partition coefficient (Wildman–Crippen LogP) is 20.6. The van der Waals surface area contributed by atoms with E-state index in [1.807, 2.05) is 102 Å². The first-order valence-corrected chi connectivity index (χ1v) is 45.3. The summed E-state index contributed by atoms with van der Waals surface area (Å²) in [5.41, 5.74) is 21.8. The Labute approximate surface area is 774 Å². The molecule has 132 heavy (non-hydrogen) atoms. The number of aryl methyl sites for hydroxylation is 4. The second kappa shape index (κ2) is 43.7. The van der Waals surface area contributed by atoms with Crippen LogP contribution in [0.2, 0.25) is 0 Å². The molecule has 1 saturated heterocycles. The zero-order valence-corrected chi connectivity index (χ0v) is 76.5. The van der Waals surface area contributed by atoms with Gasteiger partial charge in [0.2, 0.25) is 0 Å². The largest absolute Gasteiger partial charge is 0.502 e.